The van der Waals surface area contributed by atoms with Gasteiger partial charge in [0.25, 0.3) is 0 Å². The SMILES string of the molecule is COc1cc(/C=C/C(=O)OCCc2cccc(C)c2)cc(OC)c1O. The Bertz CT molecular complexity index is 739. The molecule has 0 saturated carbocycles. The molecule has 5 heteroatoms. The van der Waals surface area contributed by atoms with E-state index in [0.717, 1.165) is 5.56 Å². The number of methoxy groups -OCH3 is 2. The number of rotatable bonds is 7. The number of aryl methyl sites for hydroxylation is 1. The second kappa shape index (κ2) is 8.78. The number of hydrogen-bond donors (Lipinski definition) is 1. The van der Waals surface area contributed by atoms with Gasteiger partial charge < -0.3 is 19.3 Å². The van der Waals surface area contributed by atoms with Gasteiger partial charge >= 0.3 is 5.97 Å². The van der Waals surface area contributed by atoms with Gasteiger partial charge in [0.05, 0.1) is 20.8 Å². The molecule has 25 heavy (non-hydrogen) atoms. The number of phenols is 1. The number of aromatic hydroxyl groups is 1. The van der Waals surface area contributed by atoms with E-state index in [0.29, 0.717) is 18.6 Å². The van der Waals surface area contributed by atoms with Crippen LogP contribution in [0.5, 0.6) is 17.2 Å². The molecule has 132 valence electrons. The fourth-order valence-electron chi connectivity index (χ4n) is 2.36. The Hall–Kier alpha value is -2.95. The van der Waals surface area contributed by atoms with Crippen LogP contribution < -0.4 is 9.47 Å². The van der Waals surface area contributed by atoms with E-state index in [-0.39, 0.29) is 17.2 Å². The van der Waals surface area contributed by atoms with Gasteiger partial charge in [-0.3, -0.25) is 0 Å². The highest BCUT2D eigenvalue weighted by atomic mass is 16.5. The zero-order valence-electron chi connectivity index (χ0n) is 14.6. The minimum Gasteiger partial charge on any atom is -0.502 e. The van der Waals surface area contributed by atoms with Crippen molar-refractivity contribution in [3.63, 3.8) is 0 Å². The number of esters is 1. The fourth-order valence-corrected chi connectivity index (χ4v) is 2.36. The van der Waals surface area contributed by atoms with Crippen molar-refractivity contribution in [1.82, 2.24) is 0 Å². The third-order valence-corrected chi connectivity index (χ3v) is 3.63. The normalized spacial score (nSPS) is 10.7. The van der Waals surface area contributed by atoms with E-state index in [2.05, 4.69) is 6.07 Å². The molecule has 0 spiro atoms. The Balaban J connectivity index is 1.93. The summed E-state index contributed by atoms with van der Waals surface area (Å²) in [4.78, 5) is 11.8. The lowest BCUT2D eigenvalue weighted by Crippen LogP contribution is -2.04. The third-order valence-electron chi connectivity index (χ3n) is 3.63. The van der Waals surface area contributed by atoms with Crippen LogP contribution in [0.4, 0.5) is 0 Å². The minimum absolute atomic E-state index is 0.0807. The first-order chi connectivity index (χ1) is 12.0. The third kappa shape index (κ3) is 5.28. The van der Waals surface area contributed by atoms with Crippen LogP contribution in [0.25, 0.3) is 6.08 Å². The molecule has 0 fully saturated rings. The zero-order valence-corrected chi connectivity index (χ0v) is 14.6. The summed E-state index contributed by atoms with van der Waals surface area (Å²) in [6.07, 6.45) is 3.59. The predicted molar refractivity (Wildman–Crippen MR) is 96.1 cm³/mol. The Morgan fingerprint density at radius 1 is 1.12 bits per heavy atom. The Morgan fingerprint density at radius 2 is 1.80 bits per heavy atom. The Kier molecular flexibility index (Phi) is 6.46. The first-order valence-electron chi connectivity index (χ1n) is 7.89. The number of carbonyl (C=O) groups is 1. The molecule has 0 saturated heterocycles. The van der Waals surface area contributed by atoms with Crippen LogP contribution in [0.2, 0.25) is 0 Å². The number of carbonyl (C=O) groups excluding carboxylic acids is 1. The van der Waals surface area contributed by atoms with Gasteiger partial charge in [-0.1, -0.05) is 29.8 Å². The molecular weight excluding hydrogens is 320 g/mol. The molecule has 2 rings (SSSR count). The van der Waals surface area contributed by atoms with E-state index in [1.807, 2.05) is 25.1 Å². The molecule has 2 aromatic rings. The molecular formula is C20H22O5. The lowest BCUT2D eigenvalue weighted by Gasteiger charge is -2.09. The van der Waals surface area contributed by atoms with Crippen molar-refractivity contribution in [2.24, 2.45) is 0 Å². The lowest BCUT2D eigenvalue weighted by molar-refractivity contribution is -0.137. The second-order valence-electron chi connectivity index (χ2n) is 5.51. The Morgan fingerprint density at radius 3 is 2.40 bits per heavy atom. The predicted octanol–water partition coefficient (Wildman–Crippen LogP) is 3.52. The van der Waals surface area contributed by atoms with Crippen LogP contribution in [0.1, 0.15) is 16.7 Å². The Labute approximate surface area is 147 Å². The van der Waals surface area contributed by atoms with E-state index in [1.165, 1.54) is 25.9 Å². The van der Waals surface area contributed by atoms with E-state index in [9.17, 15) is 9.90 Å². The molecule has 0 radical (unpaired) electrons. The van der Waals surface area contributed by atoms with Crippen molar-refractivity contribution < 1.29 is 24.1 Å². The summed E-state index contributed by atoms with van der Waals surface area (Å²) in [6, 6.07) is 11.3. The topological polar surface area (TPSA) is 65.0 Å². The van der Waals surface area contributed by atoms with Crippen molar-refractivity contribution in [3.05, 3.63) is 59.2 Å². The monoisotopic (exact) mass is 342 g/mol. The second-order valence-corrected chi connectivity index (χ2v) is 5.51. The fraction of sp³-hybridized carbons (Fsp3) is 0.250. The van der Waals surface area contributed by atoms with Crippen LogP contribution in [0.15, 0.2) is 42.5 Å². The first-order valence-corrected chi connectivity index (χ1v) is 7.89. The van der Waals surface area contributed by atoms with Crippen LogP contribution in [0, 0.1) is 6.92 Å². The summed E-state index contributed by atoms with van der Waals surface area (Å²) < 4.78 is 15.4. The van der Waals surface area contributed by atoms with Crippen molar-refractivity contribution in [2.45, 2.75) is 13.3 Å². The molecule has 0 atom stereocenters. The molecule has 5 nitrogen and oxygen atoms in total. The summed E-state index contributed by atoms with van der Waals surface area (Å²) in [5, 5.41) is 9.87. The lowest BCUT2D eigenvalue weighted by atomic mass is 10.1. The minimum atomic E-state index is -0.432. The van der Waals surface area contributed by atoms with Crippen molar-refractivity contribution in [1.29, 1.82) is 0 Å². The standard InChI is InChI=1S/C20H22O5/c1-14-5-4-6-15(11-14)9-10-25-19(21)8-7-16-12-17(23-2)20(22)18(13-16)24-3/h4-8,11-13,22H,9-10H2,1-3H3/b8-7+. The molecule has 1 N–H and O–H groups in total. The van der Waals surface area contributed by atoms with E-state index in [4.69, 9.17) is 14.2 Å². The largest absolute Gasteiger partial charge is 0.502 e. The number of benzene rings is 2. The first kappa shape index (κ1) is 18.4. The average Bonchev–Trinajstić information content (AvgIpc) is 2.61. The summed E-state index contributed by atoms with van der Waals surface area (Å²) in [7, 11) is 2.89. The van der Waals surface area contributed by atoms with Gasteiger partial charge in [-0.15, -0.1) is 0 Å². The quantitative estimate of drug-likeness (QED) is 0.616. The van der Waals surface area contributed by atoms with E-state index >= 15 is 0 Å². The summed E-state index contributed by atoms with van der Waals surface area (Å²) in [5.74, 6) is 0.0279. The van der Waals surface area contributed by atoms with Crippen LogP contribution in [-0.4, -0.2) is 31.9 Å². The summed E-state index contributed by atoms with van der Waals surface area (Å²) in [5.41, 5.74) is 2.96. The van der Waals surface area contributed by atoms with E-state index < -0.39 is 5.97 Å². The highest BCUT2D eigenvalue weighted by molar-refractivity contribution is 5.87. The van der Waals surface area contributed by atoms with Gasteiger partial charge in [0.1, 0.15) is 0 Å². The average molecular weight is 342 g/mol. The van der Waals surface area contributed by atoms with Crippen LogP contribution >= 0.6 is 0 Å². The molecule has 0 bridgehead atoms. The van der Waals surface area contributed by atoms with Crippen LogP contribution in [0.3, 0.4) is 0 Å². The zero-order chi connectivity index (χ0) is 18.2. The molecule has 0 aromatic heterocycles. The van der Waals surface area contributed by atoms with Gasteiger partial charge in [0, 0.05) is 12.5 Å². The maximum atomic E-state index is 11.8. The van der Waals surface area contributed by atoms with Gasteiger partial charge in [-0.25, -0.2) is 4.79 Å². The highest BCUT2D eigenvalue weighted by Crippen LogP contribution is 2.37. The highest BCUT2D eigenvalue weighted by Gasteiger charge is 2.10. The maximum absolute atomic E-state index is 11.8. The summed E-state index contributed by atoms with van der Waals surface area (Å²) in [6.45, 7) is 2.34. The smallest absolute Gasteiger partial charge is 0.330 e. The van der Waals surface area contributed by atoms with Gasteiger partial charge in [-0.05, 0) is 36.3 Å². The molecule has 0 aliphatic carbocycles. The number of hydrogen-bond acceptors (Lipinski definition) is 5. The van der Waals surface area contributed by atoms with Crippen molar-refractivity contribution in [3.8, 4) is 17.2 Å². The van der Waals surface area contributed by atoms with Crippen LogP contribution in [-0.2, 0) is 16.0 Å². The van der Waals surface area contributed by atoms with E-state index in [1.54, 1.807) is 18.2 Å². The molecule has 0 aliphatic rings. The molecule has 0 aliphatic heterocycles. The van der Waals surface area contributed by atoms with Gasteiger partial charge in [-0.2, -0.15) is 0 Å². The molecule has 0 heterocycles. The summed E-state index contributed by atoms with van der Waals surface area (Å²) >= 11 is 0. The van der Waals surface area contributed by atoms with Gasteiger partial charge in [0.15, 0.2) is 11.5 Å². The molecule has 0 unspecified atom stereocenters. The molecule has 2 aromatic carbocycles. The molecule has 0 amide bonds. The van der Waals surface area contributed by atoms with Crippen molar-refractivity contribution >= 4 is 12.0 Å². The number of ether oxygens (including phenoxy) is 3. The number of phenolic OH excluding ortho intramolecular Hbond substituents is 1. The van der Waals surface area contributed by atoms with Crippen molar-refractivity contribution in [2.75, 3.05) is 20.8 Å². The van der Waals surface area contributed by atoms with Gasteiger partial charge in [0.2, 0.25) is 5.75 Å². The maximum Gasteiger partial charge on any atom is 0.330 e.